The monoisotopic (exact) mass is 377 g/mol. The molecule has 0 radical (unpaired) electrons. The lowest BCUT2D eigenvalue weighted by molar-refractivity contribution is 0.0928. The van der Waals surface area contributed by atoms with Gasteiger partial charge in [-0.3, -0.25) is 4.79 Å². The highest BCUT2D eigenvalue weighted by molar-refractivity contribution is 5.96. The summed E-state index contributed by atoms with van der Waals surface area (Å²) >= 11 is 0. The number of nitrogens with two attached hydrogens (primary N) is 1. The van der Waals surface area contributed by atoms with E-state index in [2.05, 4.69) is 9.88 Å². The van der Waals surface area contributed by atoms with Crippen LogP contribution < -0.4 is 15.8 Å². The van der Waals surface area contributed by atoms with Crippen LogP contribution in [-0.4, -0.2) is 30.2 Å². The summed E-state index contributed by atoms with van der Waals surface area (Å²) in [7, 11) is 1.65. The standard InChI is InChI=1S/C20H27N3O2.ClH/c1-13-11-18(20(24)22-19-6-4-5-15(19)12-21)14(2)23(13)16-7-9-17(25-3)10-8-16;/h7-11,15,19H,4-6,12,21H2,1-3H3,(H,22,24);1H. The number of carbonyl (C=O) groups is 1. The summed E-state index contributed by atoms with van der Waals surface area (Å²) in [5, 5.41) is 3.19. The number of amides is 1. The number of methoxy groups -OCH3 is 1. The number of hydrogen-bond donors (Lipinski definition) is 2. The van der Waals surface area contributed by atoms with E-state index in [-0.39, 0.29) is 24.4 Å². The molecule has 1 fully saturated rings. The summed E-state index contributed by atoms with van der Waals surface area (Å²) in [5.74, 6) is 1.21. The van der Waals surface area contributed by atoms with E-state index < -0.39 is 0 Å². The molecule has 3 rings (SSSR count). The predicted octanol–water partition coefficient (Wildman–Crippen LogP) is 3.38. The Hall–Kier alpha value is -1.98. The molecule has 2 unspecified atom stereocenters. The molecule has 1 aromatic carbocycles. The molecule has 1 saturated carbocycles. The molecule has 6 heteroatoms. The van der Waals surface area contributed by atoms with Crippen molar-refractivity contribution < 1.29 is 9.53 Å². The smallest absolute Gasteiger partial charge is 0.253 e. The first-order chi connectivity index (χ1) is 12.0. The number of aromatic nitrogens is 1. The second-order valence-electron chi connectivity index (χ2n) is 6.82. The fraction of sp³-hybridized carbons (Fsp3) is 0.450. The molecule has 1 heterocycles. The molecule has 1 aliphatic rings. The second-order valence-corrected chi connectivity index (χ2v) is 6.82. The Morgan fingerprint density at radius 3 is 2.58 bits per heavy atom. The fourth-order valence-electron chi connectivity index (χ4n) is 3.88. The number of benzene rings is 1. The zero-order valence-corrected chi connectivity index (χ0v) is 16.4. The minimum Gasteiger partial charge on any atom is -0.497 e. The topological polar surface area (TPSA) is 69.3 Å². The molecular formula is C20H28ClN3O2. The summed E-state index contributed by atoms with van der Waals surface area (Å²) in [6.07, 6.45) is 3.26. The van der Waals surface area contributed by atoms with E-state index in [0.29, 0.717) is 12.5 Å². The highest BCUT2D eigenvalue weighted by atomic mass is 35.5. The molecule has 142 valence electrons. The van der Waals surface area contributed by atoms with E-state index in [4.69, 9.17) is 10.5 Å². The molecular weight excluding hydrogens is 350 g/mol. The zero-order valence-electron chi connectivity index (χ0n) is 15.6. The summed E-state index contributed by atoms with van der Waals surface area (Å²) in [5.41, 5.74) is 9.57. The first-order valence-electron chi connectivity index (χ1n) is 8.89. The number of aryl methyl sites for hydroxylation is 1. The minimum atomic E-state index is -0.00166. The lowest BCUT2D eigenvalue weighted by Gasteiger charge is -2.19. The van der Waals surface area contributed by atoms with E-state index in [1.807, 2.05) is 44.2 Å². The molecule has 0 bridgehead atoms. The van der Waals surface area contributed by atoms with Crippen molar-refractivity contribution >= 4 is 18.3 Å². The van der Waals surface area contributed by atoms with Crippen LogP contribution in [0.25, 0.3) is 5.69 Å². The largest absolute Gasteiger partial charge is 0.497 e. The lowest BCUT2D eigenvalue weighted by Crippen LogP contribution is -2.40. The van der Waals surface area contributed by atoms with Crippen LogP contribution in [0.1, 0.15) is 41.0 Å². The SMILES string of the molecule is COc1ccc(-n2c(C)cc(C(=O)NC3CCCC3CN)c2C)cc1.Cl. The van der Waals surface area contributed by atoms with Gasteiger partial charge in [-0.15, -0.1) is 12.4 Å². The van der Waals surface area contributed by atoms with Crippen LogP contribution in [0.3, 0.4) is 0 Å². The van der Waals surface area contributed by atoms with Crippen LogP contribution >= 0.6 is 12.4 Å². The molecule has 2 atom stereocenters. The zero-order chi connectivity index (χ0) is 18.0. The van der Waals surface area contributed by atoms with E-state index in [1.54, 1.807) is 7.11 Å². The summed E-state index contributed by atoms with van der Waals surface area (Å²) in [4.78, 5) is 12.8. The van der Waals surface area contributed by atoms with E-state index in [9.17, 15) is 4.79 Å². The van der Waals surface area contributed by atoms with Crippen molar-refractivity contribution in [2.45, 2.75) is 39.2 Å². The molecule has 0 saturated heterocycles. The Bertz CT molecular complexity index is 755. The van der Waals surface area contributed by atoms with Crippen molar-refractivity contribution in [3.8, 4) is 11.4 Å². The van der Waals surface area contributed by atoms with Crippen molar-refractivity contribution in [1.29, 1.82) is 0 Å². The number of nitrogens with one attached hydrogen (secondary N) is 1. The van der Waals surface area contributed by atoms with Gasteiger partial charge in [-0.05, 0) is 69.5 Å². The Labute approximate surface area is 161 Å². The van der Waals surface area contributed by atoms with Crippen LogP contribution in [-0.2, 0) is 0 Å². The lowest BCUT2D eigenvalue weighted by atomic mass is 10.0. The summed E-state index contributed by atoms with van der Waals surface area (Å²) in [6.45, 7) is 4.64. The first kappa shape index (κ1) is 20.3. The number of halogens is 1. The third kappa shape index (κ3) is 3.89. The van der Waals surface area contributed by atoms with Crippen molar-refractivity contribution in [2.24, 2.45) is 11.7 Å². The van der Waals surface area contributed by atoms with Crippen molar-refractivity contribution in [3.05, 3.63) is 47.3 Å². The maximum atomic E-state index is 12.8. The van der Waals surface area contributed by atoms with Gasteiger partial charge in [0, 0.05) is 23.1 Å². The number of hydrogen-bond acceptors (Lipinski definition) is 3. The molecule has 3 N–H and O–H groups in total. The number of carbonyl (C=O) groups excluding carboxylic acids is 1. The third-order valence-electron chi connectivity index (χ3n) is 5.28. The molecule has 2 aromatic rings. The van der Waals surface area contributed by atoms with Crippen molar-refractivity contribution in [1.82, 2.24) is 9.88 Å². The van der Waals surface area contributed by atoms with E-state index >= 15 is 0 Å². The minimum absolute atomic E-state index is 0. The third-order valence-corrected chi connectivity index (χ3v) is 5.28. The van der Waals surface area contributed by atoms with Gasteiger partial charge in [0.1, 0.15) is 5.75 Å². The maximum Gasteiger partial charge on any atom is 0.253 e. The van der Waals surface area contributed by atoms with E-state index in [1.165, 1.54) is 0 Å². The first-order valence-corrected chi connectivity index (χ1v) is 8.89. The average Bonchev–Trinajstić information content (AvgIpc) is 3.18. The maximum absolute atomic E-state index is 12.8. The molecule has 0 aliphatic heterocycles. The Kier molecular flexibility index (Phi) is 6.73. The van der Waals surface area contributed by atoms with Gasteiger partial charge in [-0.1, -0.05) is 6.42 Å². The average molecular weight is 378 g/mol. The van der Waals surface area contributed by atoms with Crippen LogP contribution in [0.15, 0.2) is 30.3 Å². The van der Waals surface area contributed by atoms with Gasteiger partial charge in [0.2, 0.25) is 0 Å². The number of nitrogens with zero attached hydrogens (tertiary/aromatic N) is 1. The van der Waals surface area contributed by atoms with Gasteiger partial charge in [-0.25, -0.2) is 0 Å². The summed E-state index contributed by atoms with van der Waals surface area (Å²) in [6, 6.07) is 10.0. The van der Waals surface area contributed by atoms with Crippen LogP contribution in [0.5, 0.6) is 5.75 Å². The number of ether oxygens (including phenoxy) is 1. The number of rotatable bonds is 5. The molecule has 1 amide bonds. The van der Waals surface area contributed by atoms with Crippen LogP contribution in [0.4, 0.5) is 0 Å². The highest BCUT2D eigenvalue weighted by Gasteiger charge is 2.28. The molecule has 26 heavy (non-hydrogen) atoms. The van der Waals surface area contributed by atoms with Crippen LogP contribution in [0, 0.1) is 19.8 Å². The molecule has 1 aliphatic carbocycles. The Morgan fingerprint density at radius 1 is 1.27 bits per heavy atom. The second kappa shape index (κ2) is 8.60. The van der Waals surface area contributed by atoms with Crippen LogP contribution in [0.2, 0.25) is 0 Å². The molecule has 0 spiro atoms. The highest BCUT2D eigenvalue weighted by Crippen LogP contribution is 2.26. The van der Waals surface area contributed by atoms with Crippen molar-refractivity contribution in [3.63, 3.8) is 0 Å². The van der Waals surface area contributed by atoms with Gasteiger partial charge in [0.05, 0.1) is 12.7 Å². The molecule has 1 aromatic heterocycles. The van der Waals surface area contributed by atoms with Gasteiger partial charge in [-0.2, -0.15) is 0 Å². The van der Waals surface area contributed by atoms with Gasteiger partial charge < -0.3 is 20.4 Å². The molecule has 5 nitrogen and oxygen atoms in total. The summed E-state index contributed by atoms with van der Waals surface area (Å²) < 4.78 is 7.32. The normalized spacial score (nSPS) is 19.1. The van der Waals surface area contributed by atoms with E-state index in [0.717, 1.165) is 47.7 Å². The quantitative estimate of drug-likeness (QED) is 0.839. The Morgan fingerprint density at radius 2 is 1.96 bits per heavy atom. The van der Waals surface area contributed by atoms with Gasteiger partial charge >= 0.3 is 0 Å². The van der Waals surface area contributed by atoms with Gasteiger partial charge in [0.25, 0.3) is 5.91 Å². The predicted molar refractivity (Wildman–Crippen MR) is 107 cm³/mol. The van der Waals surface area contributed by atoms with Crippen molar-refractivity contribution in [2.75, 3.05) is 13.7 Å². The van der Waals surface area contributed by atoms with Gasteiger partial charge in [0.15, 0.2) is 0 Å². The fourth-order valence-corrected chi connectivity index (χ4v) is 3.88. The Balaban J connectivity index is 0.00000243.